The van der Waals surface area contributed by atoms with Gasteiger partial charge in [-0.3, -0.25) is 4.99 Å². The van der Waals surface area contributed by atoms with E-state index in [1.165, 1.54) is 0 Å². The molecule has 0 radical (unpaired) electrons. The van der Waals surface area contributed by atoms with Gasteiger partial charge in [-0.15, -0.1) is 0 Å². The predicted molar refractivity (Wildman–Crippen MR) is 105 cm³/mol. The molecule has 7 nitrogen and oxygen atoms in total. The number of benzene rings is 1. The predicted octanol–water partition coefficient (Wildman–Crippen LogP) is 2.24. The number of nitrogens with zero attached hydrogens (tertiary/aromatic N) is 1. The highest BCUT2D eigenvalue weighted by Gasteiger charge is 2.17. The van der Waals surface area contributed by atoms with Crippen LogP contribution in [-0.2, 0) is 11.2 Å². The molecular formula is C19H33N3O4. The Bertz CT molecular complexity index is 588. The van der Waals surface area contributed by atoms with Crippen LogP contribution in [0.1, 0.15) is 26.3 Å². The second-order valence-electron chi connectivity index (χ2n) is 6.33. The maximum atomic E-state index is 5.53. The smallest absolute Gasteiger partial charge is 0.203 e. The number of guanidine groups is 1. The zero-order valence-corrected chi connectivity index (χ0v) is 17.1. The van der Waals surface area contributed by atoms with E-state index in [4.69, 9.17) is 18.9 Å². The molecule has 0 aliphatic carbocycles. The van der Waals surface area contributed by atoms with Crippen LogP contribution in [0, 0.1) is 0 Å². The molecule has 0 heterocycles. The van der Waals surface area contributed by atoms with Gasteiger partial charge >= 0.3 is 0 Å². The van der Waals surface area contributed by atoms with Crippen LogP contribution in [0.2, 0.25) is 0 Å². The first-order valence-corrected chi connectivity index (χ1v) is 8.77. The van der Waals surface area contributed by atoms with Gasteiger partial charge in [-0.25, -0.2) is 0 Å². The first-order chi connectivity index (χ1) is 12.4. The van der Waals surface area contributed by atoms with Crippen molar-refractivity contribution in [3.8, 4) is 17.2 Å². The molecule has 0 aromatic heterocycles. The lowest BCUT2D eigenvalue weighted by Gasteiger charge is -2.21. The SMILES string of the molecule is CCNC(=NCC(C)(C)OC)NCCc1ccc(OC)c(OC)c1OC. The van der Waals surface area contributed by atoms with Gasteiger partial charge in [-0.1, -0.05) is 6.07 Å². The Morgan fingerprint density at radius 3 is 2.23 bits per heavy atom. The molecule has 0 saturated heterocycles. The first-order valence-electron chi connectivity index (χ1n) is 8.77. The van der Waals surface area contributed by atoms with Gasteiger partial charge in [0.05, 0.1) is 33.5 Å². The molecule has 148 valence electrons. The van der Waals surface area contributed by atoms with E-state index >= 15 is 0 Å². The summed E-state index contributed by atoms with van der Waals surface area (Å²) < 4.78 is 21.7. The van der Waals surface area contributed by atoms with Gasteiger partial charge in [0.25, 0.3) is 0 Å². The molecule has 0 amide bonds. The topological polar surface area (TPSA) is 73.3 Å². The van der Waals surface area contributed by atoms with Crippen molar-refractivity contribution in [3.05, 3.63) is 17.7 Å². The van der Waals surface area contributed by atoms with Gasteiger partial charge in [0.15, 0.2) is 17.5 Å². The van der Waals surface area contributed by atoms with E-state index in [1.54, 1.807) is 28.4 Å². The lowest BCUT2D eigenvalue weighted by Crippen LogP contribution is -2.40. The molecule has 1 aromatic rings. The Hall–Kier alpha value is -2.15. The van der Waals surface area contributed by atoms with E-state index in [9.17, 15) is 0 Å². The summed E-state index contributed by atoms with van der Waals surface area (Å²) in [5.41, 5.74) is 0.736. The molecule has 0 atom stereocenters. The van der Waals surface area contributed by atoms with E-state index in [1.807, 2.05) is 32.9 Å². The quantitative estimate of drug-likeness (QED) is 0.488. The summed E-state index contributed by atoms with van der Waals surface area (Å²) in [5, 5.41) is 6.58. The van der Waals surface area contributed by atoms with Crippen LogP contribution in [0.5, 0.6) is 17.2 Å². The van der Waals surface area contributed by atoms with Gasteiger partial charge in [-0.05, 0) is 33.3 Å². The van der Waals surface area contributed by atoms with Crippen LogP contribution < -0.4 is 24.8 Å². The normalized spacial score (nSPS) is 11.9. The minimum atomic E-state index is -0.297. The maximum Gasteiger partial charge on any atom is 0.203 e. The zero-order valence-electron chi connectivity index (χ0n) is 17.1. The number of methoxy groups -OCH3 is 4. The summed E-state index contributed by atoms with van der Waals surface area (Å²) >= 11 is 0. The molecule has 26 heavy (non-hydrogen) atoms. The van der Waals surface area contributed by atoms with E-state index in [2.05, 4.69) is 15.6 Å². The van der Waals surface area contributed by atoms with Crippen molar-refractivity contribution in [2.45, 2.75) is 32.8 Å². The van der Waals surface area contributed by atoms with Crippen molar-refractivity contribution in [2.24, 2.45) is 4.99 Å². The molecule has 0 bridgehead atoms. The minimum Gasteiger partial charge on any atom is -0.493 e. The Labute approximate surface area is 157 Å². The summed E-state index contributed by atoms with van der Waals surface area (Å²) in [5.74, 6) is 2.71. The van der Waals surface area contributed by atoms with Crippen LogP contribution >= 0.6 is 0 Å². The van der Waals surface area contributed by atoms with Crippen molar-refractivity contribution in [3.63, 3.8) is 0 Å². The monoisotopic (exact) mass is 367 g/mol. The van der Waals surface area contributed by atoms with Crippen molar-refractivity contribution >= 4 is 5.96 Å². The fourth-order valence-corrected chi connectivity index (χ4v) is 2.35. The third-order valence-electron chi connectivity index (χ3n) is 3.99. The lowest BCUT2D eigenvalue weighted by molar-refractivity contribution is 0.0310. The van der Waals surface area contributed by atoms with Gasteiger partial charge in [0.2, 0.25) is 5.75 Å². The molecule has 0 aliphatic heterocycles. The number of rotatable bonds is 10. The van der Waals surface area contributed by atoms with Gasteiger partial charge in [-0.2, -0.15) is 0 Å². The standard InChI is InChI=1S/C19H33N3O4/c1-8-20-18(22-13-19(2,3)26-7)21-12-11-14-9-10-15(23-4)17(25-6)16(14)24-5/h9-10H,8,11-13H2,1-7H3,(H2,20,21,22). The van der Waals surface area contributed by atoms with E-state index in [-0.39, 0.29) is 5.60 Å². The van der Waals surface area contributed by atoms with E-state index in [0.717, 1.165) is 24.5 Å². The van der Waals surface area contributed by atoms with Crippen molar-refractivity contribution in [1.29, 1.82) is 0 Å². The molecule has 0 aliphatic rings. The zero-order chi connectivity index (χ0) is 19.6. The highest BCUT2D eigenvalue weighted by Crippen LogP contribution is 2.39. The van der Waals surface area contributed by atoms with Crippen molar-refractivity contribution in [2.75, 3.05) is 48.1 Å². The average molecular weight is 367 g/mol. The Balaban J connectivity index is 2.79. The molecule has 2 N–H and O–H groups in total. The number of ether oxygens (including phenoxy) is 4. The average Bonchev–Trinajstić information content (AvgIpc) is 2.65. The lowest BCUT2D eigenvalue weighted by atomic mass is 10.1. The van der Waals surface area contributed by atoms with E-state index in [0.29, 0.717) is 30.3 Å². The minimum absolute atomic E-state index is 0.297. The fourth-order valence-electron chi connectivity index (χ4n) is 2.35. The van der Waals surface area contributed by atoms with Crippen LogP contribution in [-0.4, -0.2) is 59.6 Å². The van der Waals surface area contributed by atoms with E-state index < -0.39 is 0 Å². The number of aliphatic imine (C=N–C) groups is 1. The molecule has 0 spiro atoms. The molecule has 0 saturated carbocycles. The highest BCUT2D eigenvalue weighted by molar-refractivity contribution is 5.79. The van der Waals surface area contributed by atoms with Crippen LogP contribution in [0.3, 0.4) is 0 Å². The molecular weight excluding hydrogens is 334 g/mol. The maximum absolute atomic E-state index is 5.53. The second-order valence-corrected chi connectivity index (χ2v) is 6.33. The second kappa shape index (κ2) is 10.8. The molecule has 0 fully saturated rings. The molecule has 1 aromatic carbocycles. The van der Waals surface area contributed by atoms with Crippen LogP contribution in [0.25, 0.3) is 0 Å². The molecule has 1 rings (SSSR count). The number of nitrogens with one attached hydrogen (secondary N) is 2. The van der Waals surface area contributed by atoms with Crippen molar-refractivity contribution in [1.82, 2.24) is 10.6 Å². The van der Waals surface area contributed by atoms with Gasteiger partial charge in [0.1, 0.15) is 0 Å². The Morgan fingerprint density at radius 2 is 1.69 bits per heavy atom. The van der Waals surface area contributed by atoms with Crippen LogP contribution in [0.4, 0.5) is 0 Å². The summed E-state index contributed by atoms with van der Waals surface area (Å²) in [7, 11) is 6.54. The van der Waals surface area contributed by atoms with Crippen molar-refractivity contribution < 1.29 is 18.9 Å². The molecule has 0 unspecified atom stereocenters. The number of hydrogen-bond donors (Lipinski definition) is 2. The summed E-state index contributed by atoms with van der Waals surface area (Å²) in [4.78, 5) is 4.58. The summed E-state index contributed by atoms with van der Waals surface area (Å²) in [6.07, 6.45) is 0.752. The highest BCUT2D eigenvalue weighted by atomic mass is 16.5. The molecule has 7 heteroatoms. The third kappa shape index (κ3) is 6.29. The fraction of sp³-hybridized carbons (Fsp3) is 0.632. The summed E-state index contributed by atoms with van der Waals surface area (Å²) in [6, 6.07) is 3.87. The van der Waals surface area contributed by atoms with Gasteiger partial charge < -0.3 is 29.6 Å². The Morgan fingerprint density at radius 1 is 1.00 bits per heavy atom. The summed E-state index contributed by atoms with van der Waals surface area (Å²) in [6.45, 7) is 8.11. The van der Waals surface area contributed by atoms with Crippen LogP contribution in [0.15, 0.2) is 17.1 Å². The Kier molecular flexibility index (Phi) is 9.05. The number of hydrogen-bond acceptors (Lipinski definition) is 5. The first kappa shape index (κ1) is 21.9. The largest absolute Gasteiger partial charge is 0.493 e. The third-order valence-corrected chi connectivity index (χ3v) is 3.99. The van der Waals surface area contributed by atoms with Gasteiger partial charge in [0, 0.05) is 25.8 Å².